The van der Waals surface area contributed by atoms with E-state index in [1.807, 2.05) is 13.0 Å². The van der Waals surface area contributed by atoms with Crippen molar-refractivity contribution in [2.75, 3.05) is 6.61 Å². The van der Waals surface area contributed by atoms with Crippen molar-refractivity contribution >= 4 is 0 Å². The standard InChI is InChI=1S/C20H24O/c1-5-7-8-17-9-11-18(12-10-17)19-13-14-20(21-6-2)16(4)15(19)3/h5,9-14H,1,6-8H2,2-4H3. The Morgan fingerprint density at radius 2 is 1.71 bits per heavy atom. The Balaban J connectivity index is 2.29. The Morgan fingerprint density at radius 1 is 1.00 bits per heavy atom. The van der Waals surface area contributed by atoms with Crippen LogP contribution < -0.4 is 4.74 Å². The summed E-state index contributed by atoms with van der Waals surface area (Å²) in [5.74, 6) is 0.987. The number of aryl methyl sites for hydroxylation is 1. The van der Waals surface area contributed by atoms with Crippen molar-refractivity contribution in [2.45, 2.75) is 33.6 Å². The lowest BCUT2D eigenvalue weighted by atomic mass is 9.95. The summed E-state index contributed by atoms with van der Waals surface area (Å²) in [4.78, 5) is 0. The highest BCUT2D eigenvalue weighted by atomic mass is 16.5. The minimum Gasteiger partial charge on any atom is -0.494 e. The molecule has 0 saturated carbocycles. The lowest BCUT2D eigenvalue weighted by Gasteiger charge is -2.14. The van der Waals surface area contributed by atoms with Gasteiger partial charge in [-0.1, -0.05) is 36.4 Å². The maximum Gasteiger partial charge on any atom is 0.122 e. The van der Waals surface area contributed by atoms with Crippen LogP contribution in [0.15, 0.2) is 49.1 Å². The third kappa shape index (κ3) is 3.55. The molecule has 0 amide bonds. The van der Waals surface area contributed by atoms with Crippen LogP contribution in [-0.4, -0.2) is 6.61 Å². The van der Waals surface area contributed by atoms with E-state index >= 15 is 0 Å². The Labute approximate surface area is 128 Å². The molecule has 0 saturated heterocycles. The van der Waals surface area contributed by atoms with Gasteiger partial charge < -0.3 is 4.74 Å². The number of hydrogen-bond acceptors (Lipinski definition) is 1. The summed E-state index contributed by atoms with van der Waals surface area (Å²) in [6.07, 6.45) is 4.06. The third-order valence-corrected chi connectivity index (χ3v) is 3.94. The molecule has 21 heavy (non-hydrogen) atoms. The third-order valence-electron chi connectivity index (χ3n) is 3.94. The van der Waals surface area contributed by atoms with E-state index in [4.69, 9.17) is 4.74 Å². The molecule has 0 N–H and O–H groups in total. The fourth-order valence-electron chi connectivity index (χ4n) is 2.54. The SMILES string of the molecule is C=CCCc1ccc(-c2ccc(OCC)c(C)c2C)cc1. The molecule has 1 nitrogen and oxygen atoms in total. The first kappa shape index (κ1) is 15.4. The fraction of sp³-hybridized carbons (Fsp3) is 0.300. The van der Waals surface area contributed by atoms with Gasteiger partial charge in [0, 0.05) is 0 Å². The monoisotopic (exact) mass is 280 g/mol. The van der Waals surface area contributed by atoms with Crippen LogP contribution in [0.4, 0.5) is 0 Å². The molecule has 0 aliphatic heterocycles. The summed E-state index contributed by atoms with van der Waals surface area (Å²) < 4.78 is 5.66. The van der Waals surface area contributed by atoms with Gasteiger partial charge in [-0.3, -0.25) is 0 Å². The molecule has 0 atom stereocenters. The fourth-order valence-corrected chi connectivity index (χ4v) is 2.54. The Bertz CT molecular complexity index is 608. The van der Waals surface area contributed by atoms with Crippen LogP contribution in [0.2, 0.25) is 0 Å². The molecule has 0 unspecified atom stereocenters. The van der Waals surface area contributed by atoms with Gasteiger partial charge in [-0.2, -0.15) is 0 Å². The van der Waals surface area contributed by atoms with Crippen molar-refractivity contribution in [3.05, 3.63) is 65.7 Å². The van der Waals surface area contributed by atoms with Crippen molar-refractivity contribution in [3.8, 4) is 16.9 Å². The van der Waals surface area contributed by atoms with Crippen LogP contribution in [0.1, 0.15) is 30.0 Å². The van der Waals surface area contributed by atoms with E-state index in [0.717, 1.165) is 18.6 Å². The molecule has 0 heterocycles. The molecule has 0 spiro atoms. The maximum atomic E-state index is 5.66. The predicted molar refractivity (Wildman–Crippen MR) is 91.0 cm³/mol. The Kier molecular flexibility index (Phi) is 5.21. The van der Waals surface area contributed by atoms with E-state index in [9.17, 15) is 0 Å². The van der Waals surface area contributed by atoms with Gasteiger partial charge >= 0.3 is 0 Å². The number of rotatable bonds is 6. The van der Waals surface area contributed by atoms with E-state index in [1.165, 1.54) is 27.8 Å². The Hall–Kier alpha value is -2.02. The van der Waals surface area contributed by atoms with E-state index in [0.29, 0.717) is 6.61 Å². The molecule has 1 heteroatoms. The topological polar surface area (TPSA) is 9.23 Å². The summed E-state index contributed by atoms with van der Waals surface area (Å²) in [7, 11) is 0. The highest BCUT2D eigenvalue weighted by molar-refractivity contribution is 5.70. The van der Waals surface area contributed by atoms with Gasteiger partial charge in [-0.15, -0.1) is 6.58 Å². The second-order valence-corrected chi connectivity index (χ2v) is 5.32. The van der Waals surface area contributed by atoms with Gasteiger partial charge in [-0.25, -0.2) is 0 Å². The molecule has 0 aromatic heterocycles. The molecular formula is C20H24O. The van der Waals surface area contributed by atoms with Crippen LogP contribution >= 0.6 is 0 Å². The first-order chi connectivity index (χ1) is 10.2. The molecule has 0 bridgehead atoms. The van der Waals surface area contributed by atoms with Crippen molar-refractivity contribution < 1.29 is 4.74 Å². The molecule has 0 aliphatic rings. The summed E-state index contributed by atoms with van der Waals surface area (Å²) in [6, 6.07) is 13.1. The van der Waals surface area contributed by atoms with Gasteiger partial charge in [0.1, 0.15) is 5.75 Å². The molecule has 0 aliphatic carbocycles. The van der Waals surface area contributed by atoms with E-state index in [2.05, 4.69) is 56.8 Å². The maximum absolute atomic E-state index is 5.66. The van der Waals surface area contributed by atoms with Gasteiger partial charge in [0.2, 0.25) is 0 Å². The second kappa shape index (κ2) is 7.12. The first-order valence-electron chi connectivity index (χ1n) is 7.60. The van der Waals surface area contributed by atoms with E-state index in [-0.39, 0.29) is 0 Å². The number of hydrogen-bond donors (Lipinski definition) is 0. The molecule has 2 aromatic rings. The molecular weight excluding hydrogens is 256 g/mol. The van der Waals surface area contributed by atoms with E-state index < -0.39 is 0 Å². The minimum absolute atomic E-state index is 0.706. The smallest absolute Gasteiger partial charge is 0.122 e. The van der Waals surface area contributed by atoms with Crippen LogP contribution in [-0.2, 0) is 6.42 Å². The van der Waals surface area contributed by atoms with Gasteiger partial charge in [-0.05, 0) is 67.5 Å². The molecule has 2 aromatic carbocycles. The van der Waals surface area contributed by atoms with Crippen LogP contribution in [0, 0.1) is 13.8 Å². The predicted octanol–water partition coefficient (Wildman–Crippen LogP) is 5.49. The molecule has 110 valence electrons. The second-order valence-electron chi connectivity index (χ2n) is 5.32. The quantitative estimate of drug-likeness (QED) is 0.636. The van der Waals surface area contributed by atoms with Gasteiger partial charge in [0.15, 0.2) is 0 Å². The van der Waals surface area contributed by atoms with E-state index in [1.54, 1.807) is 0 Å². The Morgan fingerprint density at radius 3 is 2.33 bits per heavy atom. The first-order valence-corrected chi connectivity index (χ1v) is 7.60. The van der Waals surface area contributed by atoms with Crippen molar-refractivity contribution in [1.29, 1.82) is 0 Å². The summed E-state index contributed by atoms with van der Waals surface area (Å²) in [6.45, 7) is 10.8. The highest BCUT2D eigenvalue weighted by Crippen LogP contribution is 2.31. The normalized spacial score (nSPS) is 10.4. The van der Waals surface area contributed by atoms with Gasteiger partial charge in [0.25, 0.3) is 0 Å². The number of benzene rings is 2. The van der Waals surface area contributed by atoms with Gasteiger partial charge in [0.05, 0.1) is 6.61 Å². The highest BCUT2D eigenvalue weighted by Gasteiger charge is 2.08. The zero-order valence-corrected chi connectivity index (χ0v) is 13.3. The minimum atomic E-state index is 0.706. The largest absolute Gasteiger partial charge is 0.494 e. The van der Waals surface area contributed by atoms with Crippen molar-refractivity contribution in [3.63, 3.8) is 0 Å². The van der Waals surface area contributed by atoms with Crippen LogP contribution in [0.25, 0.3) is 11.1 Å². The van der Waals surface area contributed by atoms with Crippen LogP contribution in [0.3, 0.4) is 0 Å². The summed E-state index contributed by atoms with van der Waals surface area (Å²) >= 11 is 0. The average molecular weight is 280 g/mol. The lowest BCUT2D eigenvalue weighted by molar-refractivity contribution is 0.337. The molecule has 0 radical (unpaired) electrons. The molecule has 0 fully saturated rings. The summed E-state index contributed by atoms with van der Waals surface area (Å²) in [5, 5.41) is 0. The number of ether oxygens (including phenoxy) is 1. The number of allylic oxidation sites excluding steroid dienone is 1. The average Bonchev–Trinajstić information content (AvgIpc) is 2.51. The van der Waals surface area contributed by atoms with Crippen molar-refractivity contribution in [1.82, 2.24) is 0 Å². The van der Waals surface area contributed by atoms with Crippen molar-refractivity contribution in [2.24, 2.45) is 0 Å². The summed E-state index contributed by atoms with van der Waals surface area (Å²) in [5.41, 5.74) is 6.43. The lowest BCUT2D eigenvalue weighted by Crippen LogP contribution is -1.97. The van der Waals surface area contributed by atoms with Crippen LogP contribution in [0.5, 0.6) is 5.75 Å². The molecule has 2 rings (SSSR count). The zero-order chi connectivity index (χ0) is 15.2. The zero-order valence-electron chi connectivity index (χ0n) is 13.3.